The zero-order chi connectivity index (χ0) is 12.6. The molecule has 4 heteroatoms. The van der Waals surface area contributed by atoms with Crippen molar-refractivity contribution >= 4 is 23.1 Å². The summed E-state index contributed by atoms with van der Waals surface area (Å²) < 4.78 is 0. The third kappa shape index (κ3) is 2.19. The van der Waals surface area contributed by atoms with Crippen molar-refractivity contribution in [3.8, 4) is 0 Å². The van der Waals surface area contributed by atoms with Gasteiger partial charge in [0, 0.05) is 12.6 Å². The van der Waals surface area contributed by atoms with Crippen molar-refractivity contribution in [2.75, 3.05) is 6.54 Å². The molecule has 1 heterocycles. The van der Waals surface area contributed by atoms with Crippen LogP contribution >= 0.6 is 12.2 Å². The predicted octanol–water partition coefficient (Wildman–Crippen LogP) is 2.09. The first-order valence-corrected chi connectivity index (χ1v) is 6.96. The van der Waals surface area contributed by atoms with Gasteiger partial charge in [-0.1, -0.05) is 25.1 Å². The number of nitrogens with two attached hydrogens (primary N) is 1. The van der Waals surface area contributed by atoms with Crippen molar-refractivity contribution in [3.05, 3.63) is 0 Å². The first kappa shape index (κ1) is 12.8. The molecule has 3 nitrogen and oxygen atoms in total. The number of hydrogen-bond acceptors (Lipinski definition) is 2. The van der Waals surface area contributed by atoms with Gasteiger partial charge in [-0.15, -0.1) is 0 Å². The summed E-state index contributed by atoms with van der Waals surface area (Å²) in [5.41, 5.74) is 5.00. The van der Waals surface area contributed by atoms with E-state index in [1.807, 2.05) is 18.7 Å². The van der Waals surface area contributed by atoms with Crippen LogP contribution in [0.4, 0.5) is 0 Å². The average Bonchev–Trinajstić information content (AvgIpc) is 2.71. The van der Waals surface area contributed by atoms with Crippen molar-refractivity contribution in [1.82, 2.24) is 4.90 Å². The number of amides is 1. The lowest BCUT2D eigenvalue weighted by molar-refractivity contribution is -0.138. The fourth-order valence-electron chi connectivity index (χ4n) is 3.12. The summed E-state index contributed by atoms with van der Waals surface area (Å²) in [6.45, 7) is 4.57. The zero-order valence-corrected chi connectivity index (χ0v) is 11.6. The van der Waals surface area contributed by atoms with Crippen molar-refractivity contribution in [3.63, 3.8) is 0 Å². The van der Waals surface area contributed by atoms with Crippen LogP contribution in [0, 0.1) is 11.3 Å². The van der Waals surface area contributed by atoms with Crippen LogP contribution < -0.4 is 5.73 Å². The first-order chi connectivity index (χ1) is 7.94. The Morgan fingerprint density at radius 1 is 1.29 bits per heavy atom. The minimum atomic E-state index is -0.693. The lowest BCUT2D eigenvalue weighted by atomic mass is 9.84. The second-order valence-corrected chi connectivity index (χ2v) is 6.33. The second kappa shape index (κ2) is 4.56. The van der Waals surface area contributed by atoms with Crippen LogP contribution in [-0.4, -0.2) is 28.4 Å². The summed E-state index contributed by atoms with van der Waals surface area (Å²) in [6, 6.07) is 0.449. The summed E-state index contributed by atoms with van der Waals surface area (Å²) in [5.74, 6) is 0.842. The fourth-order valence-corrected chi connectivity index (χ4v) is 3.21. The summed E-state index contributed by atoms with van der Waals surface area (Å²) in [5, 5.41) is 0. The Labute approximate surface area is 109 Å². The van der Waals surface area contributed by atoms with E-state index in [-0.39, 0.29) is 5.91 Å². The van der Waals surface area contributed by atoms with Gasteiger partial charge in [-0.25, -0.2) is 0 Å². The molecule has 1 saturated carbocycles. The van der Waals surface area contributed by atoms with Crippen LogP contribution in [-0.2, 0) is 4.79 Å². The third-order valence-electron chi connectivity index (χ3n) is 4.42. The Hall–Kier alpha value is -0.640. The van der Waals surface area contributed by atoms with Gasteiger partial charge in [0.2, 0.25) is 5.91 Å². The van der Waals surface area contributed by atoms with Crippen molar-refractivity contribution in [2.24, 2.45) is 17.1 Å². The maximum absolute atomic E-state index is 12.5. The highest BCUT2D eigenvalue weighted by Crippen LogP contribution is 2.38. The van der Waals surface area contributed by atoms with Crippen molar-refractivity contribution in [2.45, 2.75) is 52.0 Å². The molecule has 1 aliphatic heterocycles. The Kier molecular flexibility index (Phi) is 3.43. The molecule has 2 unspecified atom stereocenters. The van der Waals surface area contributed by atoms with E-state index in [1.165, 1.54) is 19.3 Å². The molecule has 0 spiro atoms. The van der Waals surface area contributed by atoms with Gasteiger partial charge in [-0.05, 0) is 39.0 Å². The highest BCUT2D eigenvalue weighted by Gasteiger charge is 2.43. The molecular weight excluding hydrogens is 232 g/mol. The molecule has 2 N–H and O–H groups in total. The number of carbonyl (C=O) groups excluding carboxylic acids is 1. The third-order valence-corrected chi connectivity index (χ3v) is 4.93. The molecule has 0 aromatic heterocycles. The molecule has 1 aliphatic carbocycles. The van der Waals surface area contributed by atoms with Gasteiger partial charge in [-0.3, -0.25) is 4.79 Å². The van der Waals surface area contributed by atoms with Crippen LogP contribution in [0.3, 0.4) is 0 Å². The molecular formula is C13H22N2OS. The topological polar surface area (TPSA) is 46.3 Å². The van der Waals surface area contributed by atoms with Gasteiger partial charge >= 0.3 is 0 Å². The number of likely N-dealkylation sites (tertiary alicyclic amines) is 1. The smallest absolute Gasteiger partial charge is 0.235 e. The van der Waals surface area contributed by atoms with Crippen LogP contribution in [0.1, 0.15) is 46.0 Å². The molecule has 0 aromatic carbocycles. The summed E-state index contributed by atoms with van der Waals surface area (Å²) in [4.78, 5) is 14.9. The molecule has 0 aromatic rings. The number of carbonyl (C=O) groups is 1. The number of nitrogens with zero attached hydrogens (tertiary/aromatic N) is 1. The van der Waals surface area contributed by atoms with E-state index in [1.54, 1.807) is 0 Å². The largest absolute Gasteiger partial charge is 0.392 e. The average molecular weight is 254 g/mol. The van der Waals surface area contributed by atoms with Crippen LogP contribution in [0.15, 0.2) is 0 Å². The quantitative estimate of drug-likeness (QED) is 0.768. The second-order valence-electron chi connectivity index (χ2n) is 5.89. The first-order valence-electron chi connectivity index (χ1n) is 6.55. The minimum absolute atomic E-state index is 0.124. The molecule has 2 aliphatic rings. The Balaban J connectivity index is 2.13. The number of thiocarbonyl (C=S) groups is 1. The lowest BCUT2D eigenvalue weighted by Crippen LogP contribution is -2.50. The van der Waals surface area contributed by atoms with Gasteiger partial charge in [-0.2, -0.15) is 0 Å². The zero-order valence-electron chi connectivity index (χ0n) is 10.7. The van der Waals surface area contributed by atoms with E-state index in [4.69, 9.17) is 18.0 Å². The van der Waals surface area contributed by atoms with E-state index in [0.29, 0.717) is 11.0 Å². The van der Waals surface area contributed by atoms with E-state index < -0.39 is 5.41 Å². The van der Waals surface area contributed by atoms with Gasteiger partial charge in [0.05, 0.1) is 10.4 Å². The van der Waals surface area contributed by atoms with Crippen molar-refractivity contribution < 1.29 is 4.79 Å². The molecule has 1 amide bonds. The fraction of sp³-hybridized carbons (Fsp3) is 0.846. The highest BCUT2D eigenvalue weighted by atomic mass is 32.1. The number of rotatable bonds is 2. The SMILES string of the molecule is CC(C)(C(=O)N1CCC2CCCCC21)C(N)=S. The number of fused-ring (bicyclic) bond motifs is 1. The van der Waals surface area contributed by atoms with E-state index in [0.717, 1.165) is 25.3 Å². The molecule has 96 valence electrons. The Bertz CT molecular complexity index is 340. The number of hydrogen-bond donors (Lipinski definition) is 1. The highest BCUT2D eigenvalue weighted by molar-refractivity contribution is 7.80. The molecule has 0 radical (unpaired) electrons. The summed E-state index contributed by atoms with van der Waals surface area (Å²) in [6.07, 6.45) is 6.16. The minimum Gasteiger partial charge on any atom is -0.392 e. The van der Waals surface area contributed by atoms with Crippen LogP contribution in [0.25, 0.3) is 0 Å². The molecule has 2 fully saturated rings. The van der Waals surface area contributed by atoms with Crippen LogP contribution in [0.5, 0.6) is 0 Å². The van der Waals surface area contributed by atoms with E-state index in [9.17, 15) is 4.79 Å². The molecule has 2 atom stereocenters. The van der Waals surface area contributed by atoms with E-state index in [2.05, 4.69) is 0 Å². The maximum atomic E-state index is 12.5. The van der Waals surface area contributed by atoms with Crippen molar-refractivity contribution in [1.29, 1.82) is 0 Å². The van der Waals surface area contributed by atoms with Gasteiger partial charge < -0.3 is 10.6 Å². The van der Waals surface area contributed by atoms with Gasteiger partial charge in [0.1, 0.15) is 0 Å². The predicted molar refractivity (Wildman–Crippen MR) is 72.6 cm³/mol. The lowest BCUT2D eigenvalue weighted by Gasteiger charge is -2.36. The summed E-state index contributed by atoms with van der Waals surface area (Å²) in [7, 11) is 0. The molecule has 0 bridgehead atoms. The maximum Gasteiger partial charge on any atom is 0.235 e. The molecule has 1 saturated heterocycles. The monoisotopic (exact) mass is 254 g/mol. The van der Waals surface area contributed by atoms with E-state index >= 15 is 0 Å². The molecule has 2 rings (SSSR count). The Morgan fingerprint density at radius 2 is 1.94 bits per heavy atom. The standard InChI is InChI=1S/C13H22N2OS/c1-13(2,11(14)17)12(16)15-8-7-9-5-3-4-6-10(9)15/h9-10H,3-8H2,1-2H3,(H2,14,17). The van der Waals surface area contributed by atoms with Gasteiger partial charge in [0.15, 0.2) is 0 Å². The normalized spacial score (nSPS) is 28.9. The summed E-state index contributed by atoms with van der Waals surface area (Å²) >= 11 is 5.02. The Morgan fingerprint density at radius 3 is 2.59 bits per heavy atom. The molecule has 17 heavy (non-hydrogen) atoms. The van der Waals surface area contributed by atoms with Crippen LogP contribution in [0.2, 0.25) is 0 Å². The van der Waals surface area contributed by atoms with Gasteiger partial charge in [0.25, 0.3) is 0 Å².